The molecule has 0 amide bonds. The number of benzene rings is 1. The molecule has 1 aliphatic rings. The lowest BCUT2D eigenvalue weighted by Gasteiger charge is -2.27. The molecule has 1 aromatic rings. The maximum Gasteiger partial charge on any atom is 0.146 e. The van der Waals surface area contributed by atoms with Crippen molar-refractivity contribution in [1.82, 2.24) is 0 Å². The summed E-state index contributed by atoms with van der Waals surface area (Å²) in [6.45, 7) is 1.87. The molecule has 3 heteroatoms. The van der Waals surface area contributed by atoms with Gasteiger partial charge in [-0.25, -0.2) is 4.39 Å². The number of anilines is 1. The van der Waals surface area contributed by atoms with Crippen molar-refractivity contribution < 1.29 is 4.39 Å². The summed E-state index contributed by atoms with van der Waals surface area (Å²) in [6, 6.07) is 5.72. The minimum atomic E-state index is -0.158. The molecule has 2 nitrogen and oxygen atoms in total. The van der Waals surface area contributed by atoms with E-state index < -0.39 is 0 Å². The van der Waals surface area contributed by atoms with Gasteiger partial charge in [0.2, 0.25) is 0 Å². The van der Waals surface area contributed by atoms with Crippen LogP contribution in [-0.2, 0) is 0 Å². The Kier molecular flexibility index (Phi) is 3.67. The summed E-state index contributed by atoms with van der Waals surface area (Å²) < 4.78 is 14.0. The maximum atomic E-state index is 14.0. The van der Waals surface area contributed by atoms with Crippen LogP contribution in [0.25, 0.3) is 0 Å². The quantitative estimate of drug-likeness (QED) is 0.873. The number of hydrogen-bond acceptors (Lipinski definition) is 2. The van der Waals surface area contributed by atoms with Crippen molar-refractivity contribution in [3.05, 3.63) is 29.6 Å². The number of nitrogens with two attached hydrogens (primary N) is 1. The fourth-order valence-electron chi connectivity index (χ4n) is 2.58. The number of nitrogens with zero attached hydrogens (tertiary/aromatic N) is 1. The van der Waals surface area contributed by atoms with Gasteiger partial charge >= 0.3 is 0 Å². The molecule has 0 aromatic heterocycles. The van der Waals surface area contributed by atoms with E-state index in [9.17, 15) is 4.39 Å². The van der Waals surface area contributed by atoms with Gasteiger partial charge in [0.1, 0.15) is 5.82 Å². The summed E-state index contributed by atoms with van der Waals surface area (Å²) >= 11 is 0. The SMILES string of the molecule is C[C@H](N)c1ccc(N(C)C2CCCC2)c(F)c1. The summed E-state index contributed by atoms with van der Waals surface area (Å²) in [5.74, 6) is -0.158. The van der Waals surface area contributed by atoms with Gasteiger partial charge in [-0.2, -0.15) is 0 Å². The van der Waals surface area contributed by atoms with Gasteiger partial charge in [-0.3, -0.25) is 0 Å². The van der Waals surface area contributed by atoms with Gasteiger partial charge in [-0.15, -0.1) is 0 Å². The summed E-state index contributed by atoms with van der Waals surface area (Å²) in [5.41, 5.74) is 7.30. The Bertz CT molecular complexity index is 384. The molecule has 2 N–H and O–H groups in total. The molecule has 0 unspecified atom stereocenters. The first kappa shape index (κ1) is 12.4. The second-order valence-electron chi connectivity index (χ2n) is 5.05. The van der Waals surface area contributed by atoms with Gasteiger partial charge in [0.15, 0.2) is 0 Å². The van der Waals surface area contributed by atoms with Crippen molar-refractivity contribution in [1.29, 1.82) is 0 Å². The first-order chi connectivity index (χ1) is 8.09. The first-order valence-corrected chi connectivity index (χ1v) is 6.37. The molecule has 0 saturated heterocycles. The van der Waals surface area contributed by atoms with Crippen LogP contribution in [0.1, 0.15) is 44.2 Å². The average Bonchev–Trinajstić information content (AvgIpc) is 2.81. The maximum absolute atomic E-state index is 14.0. The van der Waals surface area contributed by atoms with E-state index in [2.05, 4.69) is 4.90 Å². The number of rotatable bonds is 3. The lowest BCUT2D eigenvalue weighted by Crippen LogP contribution is -2.29. The van der Waals surface area contributed by atoms with Crippen LogP contribution in [0.2, 0.25) is 0 Å². The molecular formula is C14H21FN2. The second-order valence-corrected chi connectivity index (χ2v) is 5.05. The molecular weight excluding hydrogens is 215 g/mol. The normalized spacial score (nSPS) is 18.4. The third-order valence-electron chi connectivity index (χ3n) is 3.75. The third kappa shape index (κ3) is 2.60. The van der Waals surface area contributed by atoms with Crippen molar-refractivity contribution in [2.24, 2.45) is 5.73 Å². The molecule has 0 bridgehead atoms. The van der Waals surface area contributed by atoms with E-state index in [0.29, 0.717) is 11.7 Å². The minimum absolute atomic E-state index is 0.115. The van der Waals surface area contributed by atoms with Gasteiger partial charge in [-0.1, -0.05) is 18.9 Å². The number of hydrogen-bond donors (Lipinski definition) is 1. The van der Waals surface area contributed by atoms with E-state index in [4.69, 9.17) is 5.73 Å². The fourth-order valence-corrected chi connectivity index (χ4v) is 2.58. The van der Waals surface area contributed by atoms with E-state index in [1.54, 1.807) is 6.07 Å². The van der Waals surface area contributed by atoms with Crippen LogP contribution in [0, 0.1) is 5.82 Å². The summed E-state index contributed by atoms with van der Waals surface area (Å²) in [6.07, 6.45) is 4.86. The Morgan fingerprint density at radius 2 is 2.00 bits per heavy atom. The third-order valence-corrected chi connectivity index (χ3v) is 3.75. The Labute approximate surface area is 103 Å². The average molecular weight is 236 g/mol. The molecule has 1 fully saturated rings. The van der Waals surface area contributed by atoms with Crippen LogP contribution >= 0.6 is 0 Å². The highest BCUT2D eigenvalue weighted by Crippen LogP contribution is 2.29. The highest BCUT2D eigenvalue weighted by molar-refractivity contribution is 5.50. The molecule has 1 aromatic carbocycles. The molecule has 1 saturated carbocycles. The van der Waals surface area contributed by atoms with Gasteiger partial charge < -0.3 is 10.6 Å². The molecule has 2 rings (SSSR count). The number of halogens is 1. The van der Waals surface area contributed by atoms with Gasteiger partial charge in [0.05, 0.1) is 5.69 Å². The molecule has 0 heterocycles. The molecule has 0 radical (unpaired) electrons. The van der Waals surface area contributed by atoms with Crippen molar-refractivity contribution in [2.75, 3.05) is 11.9 Å². The van der Waals surface area contributed by atoms with E-state index in [0.717, 1.165) is 5.56 Å². The topological polar surface area (TPSA) is 29.3 Å². The Morgan fingerprint density at radius 1 is 1.35 bits per heavy atom. The highest BCUT2D eigenvalue weighted by Gasteiger charge is 2.21. The molecule has 17 heavy (non-hydrogen) atoms. The van der Waals surface area contributed by atoms with Crippen molar-refractivity contribution in [3.63, 3.8) is 0 Å². The fraction of sp³-hybridized carbons (Fsp3) is 0.571. The zero-order valence-corrected chi connectivity index (χ0v) is 10.6. The standard InChI is InChI=1S/C14H21FN2/c1-10(16)11-7-8-14(13(15)9-11)17(2)12-5-3-4-6-12/h7-10,12H,3-6,16H2,1-2H3/t10-/m0/s1. The van der Waals surface area contributed by atoms with E-state index in [-0.39, 0.29) is 11.9 Å². The van der Waals surface area contributed by atoms with Crippen LogP contribution in [0.4, 0.5) is 10.1 Å². The summed E-state index contributed by atoms with van der Waals surface area (Å²) in [5, 5.41) is 0. The van der Waals surface area contributed by atoms with Crippen LogP contribution < -0.4 is 10.6 Å². The van der Waals surface area contributed by atoms with Crippen LogP contribution in [0.5, 0.6) is 0 Å². The molecule has 94 valence electrons. The molecule has 0 spiro atoms. The van der Waals surface area contributed by atoms with Crippen molar-refractivity contribution >= 4 is 5.69 Å². The summed E-state index contributed by atoms with van der Waals surface area (Å²) in [4.78, 5) is 2.08. The zero-order valence-electron chi connectivity index (χ0n) is 10.6. The lowest BCUT2D eigenvalue weighted by atomic mass is 10.1. The molecule has 0 aliphatic heterocycles. The van der Waals surface area contributed by atoms with Crippen LogP contribution in [-0.4, -0.2) is 13.1 Å². The zero-order chi connectivity index (χ0) is 12.4. The Hall–Kier alpha value is -1.09. The van der Waals surface area contributed by atoms with E-state index >= 15 is 0 Å². The van der Waals surface area contributed by atoms with Crippen molar-refractivity contribution in [3.8, 4) is 0 Å². The Balaban J connectivity index is 2.20. The van der Waals surface area contributed by atoms with E-state index in [1.165, 1.54) is 25.7 Å². The van der Waals surface area contributed by atoms with Crippen LogP contribution in [0.3, 0.4) is 0 Å². The molecule has 1 atom stereocenters. The lowest BCUT2D eigenvalue weighted by molar-refractivity contribution is 0.592. The first-order valence-electron chi connectivity index (χ1n) is 6.37. The molecule has 1 aliphatic carbocycles. The van der Waals surface area contributed by atoms with E-state index in [1.807, 2.05) is 26.1 Å². The smallest absolute Gasteiger partial charge is 0.146 e. The van der Waals surface area contributed by atoms with Gasteiger partial charge in [0, 0.05) is 19.1 Å². The summed E-state index contributed by atoms with van der Waals surface area (Å²) in [7, 11) is 1.99. The predicted molar refractivity (Wildman–Crippen MR) is 69.7 cm³/mol. The van der Waals surface area contributed by atoms with Crippen LogP contribution in [0.15, 0.2) is 18.2 Å². The largest absolute Gasteiger partial charge is 0.369 e. The monoisotopic (exact) mass is 236 g/mol. The minimum Gasteiger partial charge on any atom is -0.369 e. The van der Waals surface area contributed by atoms with Crippen molar-refractivity contribution in [2.45, 2.75) is 44.7 Å². The highest BCUT2D eigenvalue weighted by atomic mass is 19.1. The predicted octanol–water partition coefficient (Wildman–Crippen LogP) is 3.22. The second kappa shape index (κ2) is 5.05. The van der Waals surface area contributed by atoms with Gasteiger partial charge in [0.25, 0.3) is 0 Å². The van der Waals surface area contributed by atoms with Gasteiger partial charge in [-0.05, 0) is 37.5 Å². The Morgan fingerprint density at radius 3 is 2.53 bits per heavy atom.